The summed E-state index contributed by atoms with van der Waals surface area (Å²) in [7, 11) is 0. The lowest BCUT2D eigenvalue weighted by molar-refractivity contribution is 0.623. The summed E-state index contributed by atoms with van der Waals surface area (Å²) in [6, 6.07) is 14.7. The van der Waals surface area contributed by atoms with Crippen LogP contribution in [-0.2, 0) is 6.54 Å². The Kier molecular flexibility index (Phi) is 3.00. The van der Waals surface area contributed by atoms with Crippen LogP contribution in [0.15, 0.2) is 48.7 Å². The van der Waals surface area contributed by atoms with Gasteiger partial charge in [0.1, 0.15) is 5.82 Å². The van der Waals surface area contributed by atoms with Crippen molar-refractivity contribution in [2.75, 3.05) is 0 Å². The van der Waals surface area contributed by atoms with Crippen LogP contribution in [0.4, 0.5) is 4.39 Å². The summed E-state index contributed by atoms with van der Waals surface area (Å²) in [6.07, 6.45) is 1.97. The molecule has 0 saturated heterocycles. The molecular formula is C17H13FN2. The lowest BCUT2D eigenvalue weighted by Crippen LogP contribution is -2.01. The summed E-state index contributed by atoms with van der Waals surface area (Å²) in [5, 5.41) is 10.3. The van der Waals surface area contributed by atoms with Crippen LogP contribution in [0.1, 0.15) is 16.7 Å². The molecular weight excluding hydrogens is 251 g/mol. The second kappa shape index (κ2) is 4.82. The van der Waals surface area contributed by atoms with Gasteiger partial charge in [-0.2, -0.15) is 5.26 Å². The van der Waals surface area contributed by atoms with Crippen LogP contribution in [0.2, 0.25) is 0 Å². The third-order valence-corrected chi connectivity index (χ3v) is 3.46. The highest BCUT2D eigenvalue weighted by molar-refractivity contribution is 5.80. The lowest BCUT2D eigenvalue weighted by Gasteiger charge is -2.08. The zero-order valence-corrected chi connectivity index (χ0v) is 11.1. The van der Waals surface area contributed by atoms with Crippen molar-refractivity contribution in [3.8, 4) is 6.07 Å². The molecule has 2 nitrogen and oxygen atoms in total. The minimum Gasteiger partial charge on any atom is -0.343 e. The van der Waals surface area contributed by atoms with E-state index >= 15 is 0 Å². The van der Waals surface area contributed by atoms with E-state index < -0.39 is 0 Å². The maximum Gasteiger partial charge on any atom is 0.123 e. The summed E-state index contributed by atoms with van der Waals surface area (Å²) in [6.45, 7) is 2.53. The molecule has 0 aliphatic rings. The molecule has 3 rings (SSSR count). The maximum atomic E-state index is 13.4. The molecule has 0 N–H and O–H groups in total. The molecule has 0 aliphatic carbocycles. The standard InChI is InChI=1S/C17H13FN2/c1-12-2-3-13-6-7-20(17(13)8-12)11-15-9-16(18)5-4-14(15)10-19/h2-9H,11H2,1H3. The number of aryl methyl sites for hydroxylation is 1. The van der Waals surface area contributed by atoms with Crippen molar-refractivity contribution in [3.05, 3.63) is 71.2 Å². The topological polar surface area (TPSA) is 28.7 Å². The molecule has 2 aromatic carbocycles. The molecule has 0 radical (unpaired) electrons. The van der Waals surface area contributed by atoms with Crippen molar-refractivity contribution >= 4 is 10.9 Å². The highest BCUT2D eigenvalue weighted by Crippen LogP contribution is 2.20. The number of aromatic nitrogens is 1. The number of halogens is 1. The zero-order valence-electron chi connectivity index (χ0n) is 11.1. The number of nitriles is 1. The predicted molar refractivity (Wildman–Crippen MR) is 76.9 cm³/mol. The second-order valence-corrected chi connectivity index (χ2v) is 4.92. The first-order chi connectivity index (χ1) is 9.67. The smallest absolute Gasteiger partial charge is 0.123 e. The Morgan fingerprint density at radius 2 is 2.00 bits per heavy atom. The molecule has 0 atom stereocenters. The van der Waals surface area contributed by atoms with Gasteiger partial charge in [-0.1, -0.05) is 12.1 Å². The van der Waals surface area contributed by atoms with E-state index in [9.17, 15) is 4.39 Å². The Hall–Kier alpha value is -2.60. The van der Waals surface area contributed by atoms with Gasteiger partial charge in [-0.3, -0.25) is 0 Å². The zero-order chi connectivity index (χ0) is 14.1. The van der Waals surface area contributed by atoms with E-state index in [2.05, 4.69) is 24.3 Å². The van der Waals surface area contributed by atoms with Gasteiger partial charge in [0.2, 0.25) is 0 Å². The van der Waals surface area contributed by atoms with Crippen molar-refractivity contribution < 1.29 is 4.39 Å². The van der Waals surface area contributed by atoms with Crippen LogP contribution in [-0.4, -0.2) is 4.57 Å². The molecule has 98 valence electrons. The van der Waals surface area contributed by atoms with Gasteiger partial charge in [-0.25, -0.2) is 4.39 Å². The Labute approximate surface area is 116 Å². The summed E-state index contributed by atoms with van der Waals surface area (Å²) >= 11 is 0. The fraction of sp³-hybridized carbons (Fsp3) is 0.118. The summed E-state index contributed by atoms with van der Waals surface area (Å²) in [5.41, 5.74) is 3.49. The largest absolute Gasteiger partial charge is 0.343 e. The van der Waals surface area contributed by atoms with Gasteiger partial charge in [0.25, 0.3) is 0 Å². The van der Waals surface area contributed by atoms with E-state index in [1.165, 1.54) is 23.8 Å². The van der Waals surface area contributed by atoms with Crippen molar-refractivity contribution in [2.24, 2.45) is 0 Å². The van der Waals surface area contributed by atoms with Gasteiger partial charge >= 0.3 is 0 Å². The van der Waals surface area contributed by atoms with Crippen LogP contribution < -0.4 is 0 Å². The fourth-order valence-electron chi connectivity index (χ4n) is 2.42. The summed E-state index contributed by atoms with van der Waals surface area (Å²) in [4.78, 5) is 0. The van der Waals surface area contributed by atoms with Crippen molar-refractivity contribution in [1.29, 1.82) is 5.26 Å². The van der Waals surface area contributed by atoms with Gasteiger partial charge in [0.05, 0.1) is 11.6 Å². The Bertz CT molecular complexity index is 825. The van der Waals surface area contributed by atoms with E-state index in [-0.39, 0.29) is 5.82 Å². The van der Waals surface area contributed by atoms with E-state index in [0.29, 0.717) is 17.7 Å². The Balaban J connectivity index is 2.08. The Morgan fingerprint density at radius 3 is 2.80 bits per heavy atom. The fourth-order valence-corrected chi connectivity index (χ4v) is 2.42. The molecule has 0 saturated carbocycles. The highest BCUT2D eigenvalue weighted by Gasteiger charge is 2.07. The molecule has 0 amide bonds. The van der Waals surface area contributed by atoms with Crippen molar-refractivity contribution in [3.63, 3.8) is 0 Å². The molecule has 20 heavy (non-hydrogen) atoms. The molecule has 3 aromatic rings. The van der Waals surface area contributed by atoms with E-state index in [4.69, 9.17) is 5.26 Å². The monoisotopic (exact) mass is 264 g/mol. The third kappa shape index (κ3) is 2.17. The van der Waals surface area contributed by atoms with Gasteiger partial charge in [0.15, 0.2) is 0 Å². The number of rotatable bonds is 2. The van der Waals surface area contributed by atoms with Crippen molar-refractivity contribution in [2.45, 2.75) is 13.5 Å². The minimum absolute atomic E-state index is 0.313. The molecule has 0 spiro atoms. The average Bonchev–Trinajstić information content (AvgIpc) is 2.82. The molecule has 0 unspecified atom stereocenters. The first kappa shape index (κ1) is 12.4. The van der Waals surface area contributed by atoms with Crippen LogP contribution >= 0.6 is 0 Å². The first-order valence-corrected chi connectivity index (χ1v) is 6.41. The number of hydrogen-bond acceptors (Lipinski definition) is 1. The quantitative estimate of drug-likeness (QED) is 0.687. The molecule has 0 fully saturated rings. The summed E-state index contributed by atoms with van der Waals surface area (Å²) < 4.78 is 15.4. The number of nitrogens with zero attached hydrogens (tertiary/aromatic N) is 2. The van der Waals surface area contributed by atoms with Crippen LogP contribution in [0.5, 0.6) is 0 Å². The molecule has 3 heteroatoms. The number of fused-ring (bicyclic) bond motifs is 1. The molecule has 1 heterocycles. The maximum absolute atomic E-state index is 13.4. The number of hydrogen-bond donors (Lipinski definition) is 0. The second-order valence-electron chi connectivity index (χ2n) is 4.92. The predicted octanol–water partition coefficient (Wildman–Crippen LogP) is 4.01. The third-order valence-electron chi connectivity index (χ3n) is 3.46. The van der Waals surface area contributed by atoms with Crippen LogP contribution in [0, 0.1) is 24.1 Å². The first-order valence-electron chi connectivity index (χ1n) is 6.41. The summed E-state index contributed by atoms with van der Waals surface area (Å²) in [5.74, 6) is -0.313. The van der Waals surface area contributed by atoms with Gasteiger partial charge in [-0.05, 0) is 53.8 Å². The normalized spacial score (nSPS) is 10.7. The van der Waals surface area contributed by atoms with Gasteiger partial charge in [-0.15, -0.1) is 0 Å². The van der Waals surface area contributed by atoms with E-state index in [1.54, 1.807) is 0 Å². The molecule has 1 aromatic heterocycles. The Morgan fingerprint density at radius 1 is 1.15 bits per heavy atom. The van der Waals surface area contributed by atoms with Crippen LogP contribution in [0.25, 0.3) is 10.9 Å². The van der Waals surface area contributed by atoms with Gasteiger partial charge < -0.3 is 4.57 Å². The van der Waals surface area contributed by atoms with Gasteiger partial charge in [0, 0.05) is 18.3 Å². The lowest BCUT2D eigenvalue weighted by atomic mass is 10.1. The van der Waals surface area contributed by atoms with E-state index in [0.717, 1.165) is 10.9 Å². The molecule has 0 bridgehead atoms. The number of benzene rings is 2. The average molecular weight is 264 g/mol. The molecule has 0 aliphatic heterocycles. The SMILES string of the molecule is Cc1ccc2ccn(Cc3cc(F)ccc3C#N)c2c1. The highest BCUT2D eigenvalue weighted by atomic mass is 19.1. The van der Waals surface area contributed by atoms with Crippen molar-refractivity contribution in [1.82, 2.24) is 4.57 Å². The van der Waals surface area contributed by atoms with Crippen LogP contribution in [0.3, 0.4) is 0 Å². The van der Waals surface area contributed by atoms with E-state index in [1.807, 2.05) is 23.8 Å². The minimum atomic E-state index is -0.313.